The molecule has 2 amide bonds. The van der Waals surface area contributed by atoms with Crippen LogP contribution < -0.4 is 4.90 Å². The minimum absolute atomic E-state index is 0.360. The maximum atomic E-state index is 13.6. The molecule has 31 heavy (non-hydrogen) atoms. The van der Waals surface area contributed by atoms with Gasteiger partial charge in [-0.05, 0) is 18.2 Å². The molecular weight excluding hydrogens is 392 g/mol. The number of hydrogen-bond donors (Lipinski definition) is 0. The van der Waals surface area contributed by atoms with Crippen LogP contribution in [0.25, 0.3) is 0 Å². The summed E-state index contributed by atoms with van der Waals surface area (Å²) in [4.78, 5) is 32.0. The van der Waals surface area contributed by atoms with Gasteiger partial charge in [0, 0.05) is 23.6 Å². The lowest BCUT2D eigenvalue weighted by Crippen LogP contribution is -2.70. The van der Waals surface area contributed by atoms with Gasteiger partial charge in [0.15, 0.2) is 6.04 Å². The third-order valence-electron chi connectivity index (χ3n) is 6.13. The summed E-state index contributed by atoms with van der Waals surface area (Å²) in [5, 5.41) is 0. The molecule has 0 N–H and O–H groups in total. The van der Waals surface area contributed by atoms with Gasteiger partial charge in [0.1, 0.15) is 0 Å². The predicted octanol–water partition coefficient (Wildman–Crippen LogP) is 3.50. The van der Waals surface area contributed by atoms with Crippen LogP contribution in [0.2, 0.25) is 0 Å². The standard InChI is InChI=1S/C25H18N2O4/c1-16(28)27-20-15-9-8-14-19(20)24(23(27)29)22-25(31-24,18-12-6-3-7-13-18)30-21(26-22)17-10-4-2-5-11-17/h2-15,22H,1H3/t22-,24+,25+/m0/s1. The molecule has 0 unspecified atom stereocenters. The van der Waals surface area contributed by atoms with Crippen LogP contribution in [0.3, 0.4) is 0 Å². The number of fused-ring (bicyclic) bond motifs is 4. The average Bonchev–Trinajstić information content (AvgIpc) is 3.25. The maximum Gasteiger partial charge on any atom is 0.273 e. The molecule has 0 radical (unpaired) electrons. The number of nitrogens with zero attached hydrogens (tertiary/aromatic N) is 2. The molecule has 0 aromatic heterocycles. The van der Waals surface area contributed by atoms with Gasteiger partial charge in [-0.15, -0.1) is 0 Å². The number of ether oxygens (including phenoxy) is 2. The molecule has 1 spiro atoms. The van der Waals surface area contributed by atoms with Crippen molar-refractivity contribution in [3.8, 4) is 0 Å². The van der Waals surface area contributed by atoms with Gasteiger partial charge in [-0.1, -0.05) is 66.7 Å². The number of aliphatic imine (C=N–C) groups is 1. The van der Waals surface area contributed by atoms with Crippen molar-refractivity contribution in [3.63, 3.8) is 0 Å². The van der Waals surface area contributed by atoms with E-state index in [1.807, 2.05) is 72.8 Å². The van der Waals surface area contributed by atoms with Crippen molar-refractivity contribution in [1.82, 2.24) is 0 Å². The first kappa shape index (κ1) is 18.0. The van der Waals surface area contributed by atoms with Crippen LogP contribution >= 0.6 is 0 Å². The summed E-state index contributed by atoms with van der Waals surface area (Å²) < 4.78 is 12.8. The molecule has 6 heteroatoms. The Bertz CT molecular complexity index is 1260. The number of anilines is 1. The van der Waals surface area contributed by atoms with E-state index in [0.717, 1.165) is 11.1 Å². The van der Waals surface area contributed by atoms with Crippen molar-refractivity contribution in [1.29, 1.82) is 0 Å². The average molecular weight is 410 g/mol. The van der Waals surface area contributed by atoms with Gasteiger partial charge in [-0.2, -0.15) is 0 Å². The van der Waals surface area contributed by atoms with Crippen LogP contribution in [0.1, 0.15) is 23.6 Å². The molecule has 3 heterocycles. The number of amides is 2. The van der Waals surface area contributed by atoms with Gasteiger partial charge in [-0.25, -0.2) is 9.89 Å². The molecule has 1 fully saturated rings. The largest absolute Gasteiger partial charge is 0.438 e. The van der Waals surface area contributed by atoms with Crippen molar-refractivity contribution in [2.75, 3.05) is 4.90 Å². The van der Waals surface area contributed by atoms with E-state index < -0.39 is 23.3 Å². The molecule has 3 aliphatic heterocycles. The highest BCUT2D eigenvalue weighted by atomic mass is 16.8. The van der Waals surface area contributed by atoms with Crippen molar-refractivity contribution in [2.45, 2.75) is 24.4 Å². The molecule has 0 bridgehead atoms. The molecule has 0 aliphatic carbocycles. The number of rotatable bonds is 2. The van der Waals surface area contributed by atoms with E-state index in [9.17, 15) is 9.59 Å². The summed E-state index contributed by atoms with van der Waals surface area (Å²) in [7, 11) is 0. The summed E-state index contributed by atoms with van der Waals surface area (Å²) >= 11 is 0. The lowest BCUT2D eigenvalue weighted by Gasteiger charge is -2.53. The number of carbonyl (C=O) groups is 2. The highest BCUT2D eigenvalue weighted by Crippen LogP contribution is 2.63. The van der Waals surface area contributed by atoms with Crippen LogP contribution in [0, 0.1) is 0 Å². The highest BCUT2D eigenvalue weighted by molar-refractivity contribution is 6.22. The Labute approximate surface area is 178 Å². The summed E-state index contributed by atoms with van der Waals surface area (Å²) in [5.41, 5.74) is 1.33. The minimum atomic E-state index is -1.41. The Morgan fingerprint density at radius 2 is 1.58 bits per heavy atom. The predicted molar refractivity (Wildman–Crippen MR) is 113 cm³/mol. The van der Waals surface area contributed by atoms with E-state index in [1.54, 1.807) is 12.1 Å². The van der Waals surface area contributed by atoms with Crippen molar-refractivity contribution >= 4 is 23.4 Å². The van der Waals surface area contributed by atoms with Crippen LogP contribution in [-0.2, 0) is 30.5 Å². The molecule has 3 aliphatic rings. The molecule has 3 aromatic carbocycles. The second-order valence-corrected chi connectivity index (χ2v) is 7.85. The number of benzene rings is 3. The maximum absolute atomic E-state index is 13.6. The Morgan fingerprint density at radius 3 is 2.29 bits per heavy atom. The zero-order valence-corrected chi connectivity index (χ0v) is 16.7. The molecular formula is C25H18N2O4. The topological polar surface area (TPSA) is 68.2 Å². The second-order valence-electron chi connectivity index (χ2n) is 7.85. The fraction of sp³-hybridized carbons (Fsp3) is 0.160. The smallest absolute Gasteiger partial charge is 0.273 e. The third kappa shape index (κ3) is 2.17. The van der Waals surface area contributed by atoms with E-state index in [2.05, 4.69) is 0 Å². The van der Waals surface area contributed by atoms with Gasteiger partial charge >= 0.3 is 0 Å². The lowest BCUT2D eigenvalue weighted by molar-refractivity contribution is -0.361. The number of carbonyl (C=O) groups excluding carboxylic acids is 2. The Balaban J connectivity index is 1.55. The second kappa shape index (κ2) is 6.12. The first-order chi connectivity index (χ1) is 15.1. The van der Waals surface area contributed by atoms with Crippen LogP contribution in [0.5, 0.6) is 0 Å². The molecule has 6 rings (SSSR count). The summed E-state index contributed by atoms with van der Waals surface area (Å²) in [5.74, 6) is -1.61. The first-order valence-electron chi connectivity index (χ1n) is 10.1. The zero-order valence-electron chi connectivity index (χ0n) is 16.7. The molecule has 152 valence electrons. The fourth-order valence-corrected chi connectivity index (χ4v) is 4.81. The normalized spacial score (nSPS) is 27.9. The van der Waals surface area contributed by atoms with Gasteiger partial charge < -0.3 is 9.47 Å². The van der Waals surface area contributed by atoms with Crippen molar-refractivity contribution in [2.24, 2.45) is 4.99 Å². The summed E-state index contributed by atoms with van der Waals surface area (Å²) in [6, 6.07) is 25.6. The van der Waals surface area contributed by atoms with Crippen molar-refractivity contribution in [3.05, 3.63) is 102 Å². The fourth-order valence-electron chi connectivity index (χ4n) is 4.81. The highest BCUT2D eigenvalue weighted by Gasteiger charge is 2.79. The van der Waals surface area contributed by atoms with E-state index >= 15 is 0 Å². The Kier molecular flexibility index (Phi) is 3.56. The molecule has 1 saturated heterocycles. The van der Waals surface area contributed by atoms with Crippen LogP contribution in [0.15, 0.2) is 89.9 Å². The molecule has 3 atom stereocenters. The summed E-state index contributed by atoms with van der Waals surface area (Å²) in [6.07, 6.45) is 0. The van der Waals surface area contributed by atoms with Crippen LogP contribution in [-0.4, -0.2) is 23.8 Å². The van der Waals surface area contributed by atoms with Crippen LogP contribution in [0.4, 0.5) is 5.69 Å². The molecule has 6 nitrogen and oxygen atoms in total. The number of imide groups is 1. The van der Waals surface area contributed by atoms with Gasteiger partial charge in [0.2, 0.25) is 17.4 Å². The number of hydrogen-bond acceptors (Lipinski definition) is 5. The van der Waals surface area contributed by atoms with Gasteiger partial charge in [0.05, 0.1) is 5.69 Å². The summed E-state index contributed by atoms with van der Waals surface area (Å²) in [6.45, 7) is 1.38. The van der Waals surface area contributed by atoms with E-state index in [1.165, 1.54) is 11.8 Å². The monoisotopic (exact) mass is 410 g/mol. The SMILES string of the molecule is CC(=O)N1C(=O)[C@@]2(O[C@@]3(c4ccccc4)OC(c4ccccc4)=N[C@H]32)c2ccccc21. The minimum Gasteiger partial charge on any atom is -0.438 e. The van der Waals surface area contributed by atoms with Crippen molar-refractivity contribution < 1.29 is 19.1 Å². The van der Waals surface area contributed by atoms with Gasteiger partial charge in [0.25, 0.3) is 11.7 Å². The first-order valence-corrected chi connectivity index (χ1v) is 10.1. The number of para-hydroxylation sites is 1. The molecule has 0 saturated carbocycles. The lowest BCUT2D eigenvalue weighted by atomic mass is 9.74. The Hall–Kier alpha value is -3.77. The zero-order chi connectivity index (χ0) is 21.2. The molecule has 3 aromatic rings. The quantitative estimate of drug-likeness (QED) is 0.649. The van der Waals surface area contributed by atoms with E-state index in [4.69, 9.17) is 14.5 Å². The van der Waals surface area contributed by atoms with Gasteiger partial charge in [-0.3, -0.25) is 9.59 Å². The third-order valence-corrected chi connectivity index (χ3v) is 6.13. The Morgan fingerprint density at radius 1 is 0.935 bits per heavy atom. The van der Waals surface area contributed by atoms with E-state index in [-0.39, 0.29) is 5.91 Å². The van der Waals surface area contributed by atoms with E-state index in [0.29, 0.717) is 17.1 Å².